The minimum Gasteiger partial charge on any atom is -0.352 e. The maximum Gasteiger partial charge on any atom is 0.251 e. The van der Waals surface area contributed by atoms with Crippen LogP contribution in [0.1, 0.15) is 28.4 Å². The van der Waals surface area contributed by atoms with Crippen molar-refractivity contribution in [1.29, 1.82) is 0 Å². The Balaban J connectivity index is 0.00000338. The average Bonchev–Trinajstić information content (AvgIpc) is 2.64. The maximum absolute atomic E-state index is 11.8. The molecule has 2 aromatic rings. The molecular formula is C20H27IN4O. The highest BCUT2D eigenvalue weighted by Crippen LogP contribution is 2.06. The van der Waals surface area contributed by atoms with E-state index in [2.05, 4.69) is 32.7 Å². The minimum atomic E-state index is -0.0413. The van der Waals surface area contributed by atoms with Crippen molar-refractivity contribution < 1.29 is 4.79 Å². The van der Waals surface area contributed by atoms with Crippen molar-refractivity contribution in [3.8, 4) is 0 Å². The molecule has 0 unspecified atom stereocenters. The first-order valence-corrected chi connectivity index (χ1v) is 8.47. The van der Waals surface area contributed by atoms with Crippen LogP contribution in [0.4, 0.5) is 0 Å². The van der Waals surface area contributed by atoms with Crippen LogP contribution in [0.2, 0.25) is 0 Å². The Hall–Kier alpha value is -2.09. The Kier molecular flexibility index (Phi) is 9.72. The quantitative estimate of drug-likeness (QED) is 0.391. The molecule has 0 heterocycles. The number of hydrogen-bond donors (Lipinski definition) is 2. The summed E-state index contributed by atoms with van der Waals surface area (Å²) in [6, 6.07) is 17.9. The van der Waals surface area contributed by atoms with Gasteiger partial charge in [0, 0.05) is 39.3 Å². The van der Waals surface area contributed by atoms with E-state index >= 15 is 0 Å². The van der Waals surface area contributed by atoms with Gasteiger partial charge in [-0.25, -0.2) is 0 Å². The van der Waals surface area contributed by atoms with Gasteiger partial charge < -0.3 is 15.5 Å². The third kappa shape index (κ3) is 6.67. The molecule has 0 fully saturated rings. The van der Waals surface area contributed by atoms with Crippen molar-refractivity contribution in [2.24, 2.45) is 4.99 Å². The Morgan fingerprint density at radius 3 is 2.23 bits per heavy atom. The van der Waals surface area contributed by atoms with Gasteiger partial charge in [0.25, 0.3) is 5.91 Å². The van der Waals surface area contributed by atoms with Gasteiger partial charge in [-0.2, -0.15) is 0 Å². The summed E-state index contributed by atoms with van der Waals surface area (Å²) in [5.74, 6) is 0.789. The van der Waals surface area contributed by atoms with Crippen molar-refractivity contribution in [2.45, 2.75) is 20.0 Å². The molecular weight excluding hydrogens is 439 g/mol. The van der Waals surface area contributed by atoms with E-state index in [1.807, 2.05) is 56.4 Å². The van der Waals surface area contributed by atoms with Crippen LogP contribution in [0.5, 0.6) is 0 Å². The largest absolute Gasteiger partial charge is 0.352 e. The van der Waals surface area contributed by atoms with E-state index in [0.29, 0.717) is 18.7 Å². The van der Waals surface area contributed by atoms with Crippen LogP contribution in [0.15, 0.2) is 59.6 Å². The van der Waals surface area contributed by atoms with Gasteiger partial charge in [0.1, 0.15) is 0 Å². The molecule has 6 heteroatoms. The number of carbonyl (C=O) groups excluding carboxylic acids is 1. The number of nitrogens with zero attached hydrogens (tertiary/aromatic N) is 2. The van der Waals surface area contributed by atoms with Gasteiger partial charge >= 0.3 is 0 Å². The van der Waals surface area contributed by atoms with E-state index in [1.54, 1.807) is 7.05 Å². The molecule has 0 radical (unpaired) electrons. The number of halogens is 1. The summed E-state index contributed by atoms with van der Waals surface area (Å²) in [7, 11) is 3.79. The lowest BCUT2D eigenvalue weighted by Gasteiger charge is -2.22. The van der Waals surface area contributed by atoms with Gasteiger partial charge in [-0.05, 0) is 30.2 Å². The second-order valence-electron chi connectivity index (χ2n) is 5.80. The summed E-state index contributed by atoms with van der Waals surface area (Å²) in [5, 5.41) is 6.15. The van der Waals surface area contributed by atoms with Crippen LogP contribution in [0.3, 0.4) is 0 Å². The van der Waals surface area contributed by atoms with Gasteiger partial charge in [0.05, 0.1) is 0 Å². The molecule has 0 aromatic heterocycles. The summed E-state index contributed by atoms with van der Waals surface area (Å²) >= 11 is 0. The minimum absolute atomic E-state index is 0. The number of nitrogens with one attached hydrogen (secondary N) is 2. The first kappa shape index (κ1) is 22.0. The van der Waals surface area contributed by atoms with E-state index in [-0.39, 0.29) is 29.9 Å². The predicted octanol–water partition coefficient (Wildman–Crippen LogP) is 3.26. The molecule has 2 N–H and O–H groups in total. The molecule has 0 saturated carbocycles. The fraction of sp³-hybridized carbons (Fsp3) is 0.300. The highest BCUT2D eigenvalue weighted by atomic mass is 127. The Morgan fingerprint density at radius 2 is 1.65 bits per heavy atom. The number of guanidine groups is 1. The average molecular weight is 466 g/mol. The van der Waals surface area contributed by atoms with Crippen LogP contribution in [0.25, 0.3) is 0 Å². The van der Waals surface area contributed by atoms with Gasteiger partial charge in [-0.1, -0.05) is 42.5 Å². The van der Waals surface area contributed by atoms with E-state index < -0.39 is 0 Å². The third-order valence-corrected chi connectivity index (χ3v) is 3.84. The summed E-state index contributed by atoms with van der Waals surface area (Å²) in [6.07, 6.45) is 0. The molecule has 0 aliphatic carbocycles. The highest BCUT2D eigenvalue weighted by molar-refractivity contribution is 14.0. The molecule has 0 atom stereocenters. The summed E-state index contributed by atoms with van der Waals surface area (Å²) in [4.78, 5) is 18.2. The topological polar surface area (TPSA) is 56.7 Å². The predicted molar refractivity (Wildman–Crippen MR) is 118 cm³/mol. The SMILES string of the molecule is CCNC(=O)c1ccc(CNC(=NC)N(C)Cc2ccccc2)cc1.I. The van der Waals surface area contributed by atoms with Gasteiger partial charge in [-0.15, -0.1) is 24.0 Å². The van der Waals surface area contributed by atoms with Crippen LogP contribution >= 0.6 is 24.0 Å². The number of aliphatic imine (C=N–C) groups is 1. The fourth-order valence-corrected chi connectivity index (χ4v) is 2.53. The van der Waals surface area contributed by atoms with E-state index in [1.165, 1.54) is 5.56 Å². The lowest BCUT2D eigenvalue weighted by Crippen LogP contribution is -2.38. The zero-order valence-electron chi connectivity index (χ0n) is 15.5. The Morgan fingerprint density at radius 1 is 1.00 bits per heavy atom. The van der Waals surface area contributed by atoms with Crippen LogP contribution in [-0.2, 0) is 13.1 Å². The molecule has 0 saturated heterocycles. The number of rotatable bonds is 6. The zero-order valence-corrected chi connectivity index (χ0v) is 17.9. The monoisotopic (exact) mass is 466 g/mol. The Bertz CT molecular complexity index is 702. The lowest BCUT2D eigenvalue weighted by molar-refractivity contribution is 0.0956. The van der Waals surface area contributed by atoms with E-state index in [9.17, 15) is 4.79 Å². The van der Waals surface area contributed by atoms with Crippen molar-refractivity contribution in [1.82, 2.24) is 15.5 Å². The summed E-state index contributed by atoms with van der Waals surface area (Å²) < 4.78 is 0. The molecule has 2 aromatic carbocycles. The van der Waals surface area contributed by atoms with Crippen LogP contribution < -0.4 is 10.6 Å². The Labute approximate surface area is 172 Å². The standard InChI is InChI=1S/C20H26N4O.HI/c1-4-22-19(25)18-12-10-16(11-13-18)14-23-20(21-2)24(3)15-17-8-6-5-7-9-17;/h5-13H,4,14-15H2,1-3H3,(H,21,23)(H,22,25);1H. The number of carbonyl (C=O) groups is 1. The van der Waals surface area contributed by atoms with Gasteiger partial charge in [-0.3, -0.25) is 9.79 Å². The highest BCUT2D eigenvalue weighted by Gasteiger charge is 2.07. The smallest absolute Gasteiger partial charge is 0.251 e. The molecule has 26 heavy (non-hydrogen) atoms. The van der Waals surface area contributed by atoms with Gasteiger partial charge in [0.15, 0.2) is 5.96 Å². The molecule has 0 aliphatic heterocycles. The normalized spacial score (nSPS) is 10.7. The molecule has 0 bridgehead atoms. The second kappa shape index (κ2) is 11.5. The van der Waals surface area contributed by atoms with Crippen molar-refractivity contribution >= 4 is 35.8 Å². The summed E-state index contributed by atoms with van der Waals surface area (Å²) in [5.41, 5.74) is 3.01. The van der Waals surface area contributed by atoms with Crippen LogP contribution in [-0.4, -0.2) is 37.4 Å². The second-order valence-corrected chi connectivity index (χ2v) is 5.80. The summed E-state index contributed by atoms with van der Waals surface area (Å²) in [6.45, 7) is 3.98. The molecule has 0 aliphatic rings. The molecule has 140 valence electrons. The van der Waals surface area contributed by atoms with Crippen molar-refractivity contribution in [3.05, 3.63) is 71.3 Å². The first-order chi connectivity index (χ1) is 12.1. The number of benzene rings is 2. The molecule has 5 nitrogen and oxygen atoms in total. The van der Waals surface area contributed by atoms with Gasteiger partial charge in [0.2, 0.25) is 0 Å². The first-order valence-electron chi connectivity index (χ1n) is 8.47. The molecule has 2 rings (SSSR count). The van der Waals surface area contributed by atoms with Crippen LogP contribution in [0, 0.1) is 0 Å². The van der Waals surface area contributed by atoms with E-state index in [0.717, 1.165) is 18.1 Å². The van der Waals surface area contributed by atoms with E-state index in [4.69, 9.17) is 0 Å². The fourth-order valence-electron chi connectivity index (χ4n) is 2.53. The zero-order chi connectivity index (χ0) is 18.1. The van der Waals surface area contributed by atoms with Crippen molar-refractivity contribution in [3.63, 3.8) is 0 Å². The maximum atomic E-state index is 11.8. The molecule has 0 spiro atoms. The molecule has 1 amide bonds. The lowest BCUT2D eigenvalue weighted by atomic mass is 10.1. The number of amides is 1. The third-order valence-electron chi connectivity index (χ3n) is 3.84. The number of hydrogen-bond acceptors (Lipinski definition) is 2. The van der Waals surface area contributed by atoms with Crippen molar-refractivity contribution in [2.75, 3.05) is 20.6 Å².